The third-order valence-electron chi connectivity index (χ3n) is 2.54. The summed E-state index contributed by atoms with van der Waals surface area (Å²) >= 11 is 0. The molecular formula is C12H14N2O2. The van der Waals surface area contributed by atoms with Crippen LogP contribution in [0.2, 0.25) is 0 Å². The lowest BCUT2D eigenvalue weighted by Gasteiger charge is -2.15. The van der Waals surface area contributed by atoms with Gasteiger partial charge < -0.3 is 9.67 Å². The number of benzene rings is 1. The van der Waals surface area contributed by atoms with Crippen molar-refractivity contribution < 1.29 is 9.90 Å². The molecule has 0 aliphatic rings. The molecule has 2 aromatic rings. The van der Waals surface area contributed by atoms with E-state index in [4.69, 9.17) is 0 Å². The fraction of sp³-hybridized carbons (Fsp3) is 0.333. The van der Waals surface area contributed by atoms with E-state index in [-0.39, 0.29) is 5.78 Å². The highest BCUT2D eigenvalue weighted by molar-refractivity contribution is 6.03. The quantitative estimate of drug-likeness (QED) is 0.778. The Kier molecular flexibility index (Phi) is 2.31. The van der Waals surface area contributed by atoms with E-state index >= 15 is 0 Å². The third kappa shape index (κ3) is 1.72. The summed E-state index contributed by atoms with van der Waals surface area (Å²) in [6, 6.07) is 5.25. The number of nitrogens with zero attached hydrogens (tertiary/aromatic N) is 2. The lowest BCUT2D eigenvalue weighted by molar-refractivity contribution is 0.0488. The van der Waals surface area contributed by atoms with Gasteiger partial charge in [0.25, 0.3) is 0 Å². The van der Waals surface area contributed by atoms with Crippen molar-refractivity contribution in [3.8, 4) is 0 Å². The van der Waals surface area contributed by atoms with E-state index in [1.165, 1.54) is 13.8 Å². The molecule has 0 radical (unpaired) electrons. The third-order valence-corrected chi connectivity index (χ3v) is 2.54. The highest BCUT2D eigenvalue weighted by atomic mass is 16.3. The van der Waals surface area contributed by atoms with Crippen LogP contribution in [-0.4, -0.2) is 26.0 Å². The Morgan fingerprint density at radius 2 is 2.12 bits per heavy atom. The first-order valence-corrected chi connectivity index (χ1v) is 5.08. The summed E-state index contributed by atoms with van der Waals surface area (Å²) in [5.74, 6) is -0.292. The van der Waals surface area contributed by atoms with Crippen LogP contribution in [0.15, 0.2) is 24.5 Å². The molecule has 2 rings (SSSR count). The predicted octanol–water partition coefficient (Wildman–Crippen LogP) is 1.53. The predicted molar refractivity (Wildman–Crippen MR) is 61.3 cm³/mol. The van der Waals surface area contributed by atoms with Crippen molar-refractivity contribution in [3.63, 3.8) is 0 Å². The molecule has 0 spiro atoms. The van der Waals surface area contributed by atoms with Crippen molar-refractivity contribution in [1.82, 2.24) is 9.55 Å². The maximum absolute atomic E-state index is 11.8. The fourth-order valence-corrected chi connectivity index (χ4v) is 1.63. The number of aromatic nitrogens is 2. The van der Waals surface area contributed by atoms with E-state index in [2.05, 4.69) is 4.98 Å². The maximum Gasteiger partial charge on any atom is 0.193 e. The van der Waals surface area contributed by atoms with Crippen LogP contribution in [0.1, 0.15) is 24.2 Å². The van der Waals surface area contributed by atoms with Crippen LogP contribution in [0.25, 0.3) is 11.0 Å². The molecular weight excluding hydrogens is 204 g/mol. The number of fused-ring (bicyclic) bond motifs is 1. The van der Waals surface area contributed by atoms with Crippen molar-refractivity contribution in [2.45, 2.75) is 19.4 Å². The summed E-state index contributed by atoms with van der Waals surface area (Å²) in [7, 11) is 1.90. The average Bonchev–Trinajstić information content (AvgIpc) is 2.57. The molecule has 0 saturated heterocycles. The normalized spacial score (nSPS) is 12.0. The van der Waals surface area contributed by atoms with Gasteiger partial charge in [-0.05, 0) is 32.0 Å². The van der Waals surface area contributed by atoms with E-state index in [1.54, 1.807) is 18.5 Å². The molecule has 0 aliphatic carbocycles. The zero-order chi connectivity index (χ0) is 11.9. The van der Waals surface area contributed by atoms with Gasteiger partial charge in [0.2, 0.25) is 0 Å². The standard InChI is InChI=1S/C12H14N2O2/c1-12(2,16)11(15)8-4-5-10-9(6-8)13-7-14(10)3/h4-7,16H,1-3H3. The molecule has 84 valence electrons. The summed E-state index contributed by atoms with van der Waals surface area (Å²) in [6.45, 7) is 2.97. The fourth-order valence-electron chi connectivity index (χ4n) is 1.63. The van der Waals surface area contributed by atoms with Gasteiger partial charge in [0.05, 0.1) is 17.4 Å². The first-order valence-electron chi connectivity index (χ1n) is 5.08. The monoisotopic (exact) mass is 218 g/mol. The number of hydrogen-bond acceptors (Lipinski definition) is 3. The van der Waals surface area contributed by atoms with Gasteiger partial charge in [-0.3, -0.25) is 4.79 Å². The van der Waals surface area contributed by atoms with Crippen LogP contribution in [0.3, 0.4) is 0 Å². The highest BCUT2D eigenvalue weighted by Gasteiger charge is 2.25. The van der Waals surface area contributed by atoms with Crippen LogP contribution in [-0.2, 0) is 7.05 Å². The molecule has 16 heavy (non-hydrogen) atoms. The maximum atomic E-state index is 11.8. The minimum atomic E-state index is -1.34. The van der Waals surface area contributed by atoms with Gasteiger partial charge in [0.1, 0.15) is 5.60 Å². The zero-order valence-corrected chi connectivity index (χ0v) is 9.56. The zero-order valence-electron chi connectivity index (χ0n) is 9.56. The lowest BCUT2D eigenvalue weighted by Crippen LogP contribution is -2.31. The number of Topliss-reactive ketones (excluding diaryl/α,β-unsaturated/α-hetero) is 1. The molecule has 0 fully saturated rings. The van der Waals surface area contributed by atoms with Crippen LogP contribution in [0.5, 0.6) is 0 Å². The Balaban J connectivity index is 2.52. The number of aryl methyl sites for hydroxylation is 1. The largest absolute Gasteiger partial charge is 0.382 e. The van der Waals surface area contributed by atoms with Crippen LogP contribution >= 0.6 is 0 Å². The summed E-state index contributed by atoms with van der Waals surface area (Å²) in [5.41, 5.74) is 0.867. The number of imidazole rings is 1. The second-order valence-corrected chi connectivity index (χ2v) is 4.45. The van der Waals surface area contributed by atoms with Crippen LogP contribution in [0.4, 0.5) is 0 Å². The summed E-state index contributed by atoms with van der Waals surface area (Å²) in [6.07, 6.45) is 1.70. The molecule has 4 heteroatoms. The Morgan fingerprint density at radius 1 is 1.44 bits per heavy atom. The summed E-state index contributed by atoms with van der Waals surface area (Å²) < 4.78 is 1.88. The first kappa shape index (κ1) is 10.8. The number of hydrogen-bond donors (Lipinski definition) is 1. The van der Waals surface area contributed by atoms with Gasteiger partial charge in [-0.1, -0.05) is 0 Å². The molecule has 0 bridgehead atoms. The number of carbonyl (C=O) groups is 1. The lowest BCUT2D eigenvalue weighted by atomic mass is 9.97. The number of rotatable bonds is 2. The number of aliphatic hydroxyl groups is 1. The van der Waals surface area contributed by atoms with Gasteiger partial charge in [0, 0.05) is 12.6 Å². The topological polar surface area (TPSA) is 55.1 Å². The number of ketones is 1. The van der Waals surface area contributed by atoms with Crippen LogP contribution < -0.4 is 0 Å². The molecule has 4 nitrogen and oxygen atoms in total. The van der Waals surface area contributed by atoms with Gasteiger partial charge in [-0.2, -0.15) is 0 Å². The minimum Gasteiger partial charge on any atom is -0.382 e. The number of carbonyl (C=O) groups excluding carboxylic acids is 1. The highest BCUT2D eigenvalue weighted by Crippen LogP contribution is 2.18. The van der Waals surface area contributed by atoms with E-state index in [1.807, 2.05) is 17.7 Å². The van der Waals surface area contributed by atoms with Gasteiger partial charge in [-0.15, -0.1) is 0 Å². The molecule has 1 aromatic heterocycles. The molecule has 0 amide bonds. The van der Waals surface area contributed by atoms with Crippen LogP contribution in [0, 0.1) is 0 Å². The van der Waals surface area contributed by atoms with E-state index in [0.717, 1.165) is 11.0 Å². The molecule has 0 atom stereocenters. The summed E-state index contributed by atoms with van der Waals surface area (Å²) in [5, 5.41) is 9.64. The van der Waals surface area contributed by atoms with Gasteiger partial charge >= 0.3 is 0 Å². The Hall–Kier alpha value is -1.68. The van der Waals surface area contributed by atoms with Crippen molar-refractivity contribution in [2.75, 3.05) is 0 Å². The Labute approximate surface area is 93.5 Å². The first-order chi connectivity index (χ1) is 7.39. The second-order valence-electron chi connectivity index (χ2n) is 4.45. The molecule has 1 heterocycles. The summed E-state index contributed by atoms with van der Waals surface area (Å²) in [4.78, 5) is 16.0. The minimum absolute atomic E-state index is 0.292. The SMILES string of the molecule is Cn1cnc2cc(C(=O)C(C)(C)O)ccc21. The van der Waals surface area contributed by atoms with Crippen molar-refractivity contribution in [2.24, 2.45) is 7.05 Å². The van der Waals surface area contributed by atoms with E-state index in [0.29, 0.717) is 5.56 Å². The molecule has 0 aliphatic heterocycles. The molecule has 1 aromatic carbocycles. The second kappa shape index (κ2) is 3.42. The molecule has 0 unspecified atom stereocenters. The molecule has 1 N–H and O–H groups in total. The van der Waals surface area contributed by atoms with E-state index in [9.17, 15) is 9.90 Å². The van der Waals surface area contributed by atoms with E-state index < -0.39 is 5.60 Å². The Bertz CT molecular complexity index is 550. The Morgan fingerprint density at radius 3 is 2.75 bits per heavy atom. The smallest absolute Gasteiger partial charge is 0.193 e. The van der Waals surface area contributed by atoms with Crippen molar-refractivity contribution in [1.29, 1.82) is 0 Å². The molecule has 0 saturated carbocycles. The van der Waals surface area contributed by atoms with Gasteiger partial charge in [0.15, 0.2) is 5.78 Å². The van der Waals surface area contributed by atoms with Gasteiger partial charge in [-0.25, -0.2) is 4.98 Å². The average molecular weight is 218 g/mol. The van der Waals surface area contributed by atoms with Crippen molar-refractivity contribution >= 4 is 16.8 Å². The van der Waals surface area contributed by atoms with Crippen molar-refractivity contribution in [3.05, 3.63) is 30.1 Å².